The van der Waals surface area contributed by atoms with E-state index >= 15 is 0 Å². The fourth-order valence-electron chi connectivity index (χ4n) is 1.25. The largest absolute Gasteiger partial charge is 0.328 e. The van der Waals surface area contributed by atoms with E-state index in [-0.39, 0.29) is 24.8 Å². The lowest BCUT2D eigenvalue weighted by Gasteiger charge is -2.31. The first kappa shape index (κ1) is 11.7. The van der Waals surface area contributed by atoms with Crippen LogP contribution in [0.5, 0.6) is 0 Å². The first-order chi connectivity index (χ1) is 4.86. The van der Waals surface area contributed by atoms with Gasteiger partial charge >= 0.3 is 0 Å². The zero-order chi connectivity index (χ0) is 6.97. The third-order valence-corrected chi connectivity index (χ3v) is 1.96. The van der Waals surface area contributed by atoms with Gasteiger partial charge in [0.15, 0.2) is 0 Å². The lowest BCUT2D eigenvalue weighted by atomic mass is 9.88. The standard InChI is InChI=1S/C6H10N4.2ClH/c7-5-1-6(2-5)10-4-8-3-9-10;;/h3-6H,1-2,7H2;2*1H. The van der Waals surface area contributed by atoms with Gasteiger partial charge in [0, 0.05) is 6.04 Å². The smallest absolute Gasteiger partial charge is 0.137 e. The van der Waals surface area contributed by atoms with E-state index in [0.29, 0.717) is 12.1 Å². The molecule has 1 aliphatic rings. The SMILES string of the molecule is Cl.Cl.NC1CC(n2cncn2)C1. The van der Waals surface area contributed by atoms with Crippen molar-refractivity contribution in [1.82, 2.24) is 14.8 Å². The lowest BCUT2D eigenvalue weighted by Crippen LogP contribution is -2.37. The van der Waals surface area contributed by atoms with Crippen molar-refractivity contribution < 1.29 is 0 Å². The third-order valence-electron chi connectivity index (χ3n) is 1.96. The molecule has 2 rings (SSSR count). The molecule has 6 heteroatoms. The van der Waals surface area contributed by atoms with Crippen molar-refractivity contribution in [3.05, 3.63) is 12.7 Å². The number of hydrogen-bond acceptors (Lipinski definition) is 3. The van der Waals surface area contributed by atoms with Crippen LogP contribution >= 0.6 is 24.8 Å². The van der Waals surface area contributed by atoms with E-state index in [1.807, 2.05) is 4.68 Å². The predicted molar refractivity (Wildman–Crippen MR) is 50.8 cm³/mol. The molecule has 1 aromatic heterocycles. The molecule has 0 aromatic carbocycles. The van der Waals surface area contributed by atoms with Gasteiger partial charge in [0.1, 0.15) is 12.7 Å². The van der Waals surface area contributed by atoms with Crippen molar-refractivity contribution in [3.8, 4) is 0 Å². The maximum Gasteiger partial charge on any atom is 0.137 e. The van der Waals surface area contributed by atoms with Gasteiger partial charge in [-0.05, 0) is 12.8 Å². The number of aromatic nitrogens is 3. The quantitative estimate of drug-likeness (QED) is 0.746. The van der Waals surface area contributed by atoms with Crippen LogP contribution in [-0.4, -0.2) is 20.8 Å². The molecule has 0 saturated heterocycles. The van der Waals surface area contributed by atoms with E-state index in [2.05, 4.69) is 10.1 Å². The van der Waals surface area contributed by atoms with Gasteiger partial charge in [-0.1, -0.05) is 0 Å². The second-order valence-electron chi connectivity index (χ2n) is 2.76. The number of halogens is 2. The van der Waals surface area contributed by atoms with Gasteiger partial charge in [0.25, 0.3) is 0 Å². The highest BCUT2D eigenvalue weighted by molar-refractivity contribution is 5.85. The van der Waals surface area contributed by atoms with Gasteiger partial charge in [-0.25, -0.2) is 9.67 Å². The lowest BCUT2D eigenvalue weighted by molar-refractivity contribution is 0.247. The van der Waals surface area contributed by atoms with Crippen molar-refractivity contribution in [2.24, 2.45) is 5.73 Å². The molecule has 70 valence electrons. The van der Waals surface area contributed by atoms with Crippen LogP contribution in [0.1, 0.15) is 18.9 Å². The Balaban J connectivity index is 0.000000605. The first-order valence-corrected chi connectivity index (χ1v) is 3.46. The Kier molecular flexibility index (Phi) is 4.52. The average molecular weight is 211 g/mol. The molecule has 0 amide bonds. The minimum Gasteiger partial charge on any atom is -0.328 e. The van der Waals surface area contributed by atoms with Crippen molar-refractivity contribution >= 4 is 24.8 Å². The molecule has 4 nitrogen and oxygen atoms in total. The van der Waals surface area contributed by atoms with Crippen LogP contribution in [0.2, 0.25) is 0 Å². The van der Waals surface area contributed by atoms with Gasteiger partial charge in [0.05, 0.1) is 6.04 Å². The van der Waals surface area contributed by atoms with E-state index in [1.54, 1.807) is 12.7 Å². The summed E-state index contributed by atoms with van der Waals surface area (Å²) in [6.45, 7) is 0. The van der Waals surface area contributed by atoms with E-state index in [4.69, 9.17) is 5.73 Å². The Labute approximate surface area is 83.4 Å². The van der Waals surface area contributed by atoms with Crippen molar-refractivity contribution in [1.29, 1.82) is 0 Å². The van der Waals surface area contributed by atoms with Gasteiger partial charge < -0.3 is 5.73 Å². The monoisotopic (exact) mass is 210 g/mol. The van der Waals surface area contributed by atoms with Gasteiger partial charge in [0.2, 0.25) is 0 Å². The zero-order valence-corrected chi connectivity index (χ0v) is 8.09. The molecule has 1 heterocycles. The summed E-state index contributed by atoms with van der Waals surface area (Å²) in [5, 5.41) is 4.02. The highest BCUT2D eigenvalue weighted by atomic mass is 35.5. The summed E-state index contributed by atoms with van der Waals surface area (Å²) in [6.07, 6.45) is 5.40. The molecule has 0 aliphatic heterocycles. The minimum absolute atomic E-state index is 0. The van der Waals surface area contributed by atoms with E-state index in [0.717, 1.165) is 12.8 Å². The van der Waals surface area contributed by atoms with Gasteiger partial charge in [-0.3, -0.25) is 0 Å². The maximum absolute atomic E-state index is 5.61. The third kappa shape index (κ3) is 2.09. The molecule has 0 spiro atoms. The summed E-state index contributed by atoms with van der Waals surface area (Å²) in [7, 11) is 0. The Morgan fingerprint density at radius 1 is 1.33 bits per heavy atom. The predicted octanol–water partition coefficient (Wildman–Crippen LogP) is 0.784. The minimum atomic E-state index is 0. The summed E-state index contributed by atoms with van der Waals surface area (Å²) < 4.78 is 1.88. The number of nitrogens with zero attached hydrogens (tertiary/aromatic N) is 3. The Hall–Kier alpha value is -0.320. The second kappa shape index (κ2) is 4.64. The number of rotatable bonds is 1. The zero-order valence-electron chi connectivity index (χ0n) is 6.46. The summed E-state index contributed by atoms with van der Waals surface area (Å²) in [6, 6.07) is 0.895. The van der Waals surface area contributed by atoms with Crippen LogP contribution in [0, 0.1) is 0 Å². The van der Waals surface area contributed by atoms with Crippen LogP contribution in [0.15, 0.2) is 12.7 Å². The first-order valence-electron chi connectivity index (χ1n) is 3.46. The van der Waals surface area contributed by atoms with Gasteiger partial charge in [-0.15, -0.1) is 24.8 Å². The van der Waals surface area contributed by atoms with Crippen molar-refractivity contribution in [2.75, 3.05) is 0 Å². The topological polar surface area (TPSA) is 56.7 Å². The summed E-state index contributed by atoms with van der Waals surface area (Å²) in [5.41, 5.74) is 5.61. The molecule has 0 atom stereocenters. The Morgan fingerprint density at radius 3 is 2.42 bits per heavy atom. The summed E-state index contributed by atoms with van der Waals surface area (Å²) >= 11 is 0. The second-order valence-corrected chi connectivity index (χ2v) is 2.76. The fraction of sp³-hybridized carbons (Fsp3) is 0.667. The molecular formula is C6H12Cl2N4. The average Bonchev–Trinajstić information content (AvgIpc) is 2.31. The number of hydrogen-bond donors (Lipinski definition) is 1. The molecule has 0 unspecified atom stereocenters. The van der Waals surface area contributed by atoms with Crippen LogP contribution < -0.4 is 5.73 Å². The van der Waals surface area contributed by atoms with Crippen LogP contribution in [0.25, 0.3) is 0 Å². The molecule has 12 heavy (non-hydrogen) atoms. The van der Waals surface area contributed by atoms with E-state index in [9.17, 15) is 0 Å². The normalized spacial score (nSPS) is 26.4. The molecule has 1 fully saturated rings. The molecule has 0 bridgehead atoms. The van der Waals surface area contributed by atoms with Gasteiger partial charge in [-0.2, -0.15) is 5.10 Å². The highest BCUT2D eigenvalue weighted by Gasteiger charge is 2.27. The van der Waals surface area contributed by atoms with Crippen molar-refractivity contribution in [2.45, 2.75) is 24.9 Å². The summed E-state index contributed by atoms with van der Waals surface area (Å²) in [4.78, 5) is 3.86. The molecule has 2 N–H and O–H groups in total. The van der Waals surface area contributed by atoms with E-state index in [1.165, 1.54) is 0 Å². The number of nitrogens with two attached hydrogens (primary N) is 1. The molecule has 0 radical (unpaired) electrons. The highest BCUT2D eigenvalue weighted by Crippen LogP contribution is 2.29. The summed E-state index contributed by atoms with van der Waals surface area (Å²) in [5.74, 6) is 0. The molecule has 1 aliphatic carbocycles. The van der Waals surface area contributed by atoms with Crippen LogP contribution in [0.4, 0.5) is 0 Å². The van der Waals surface area contributed by atoms with Crippen LogP contribution in [0.3, 0.4) is 0 Å². The Morgan fingerprint density at radius 2 is 2.00 bits per heavy atom. The van der Waals surface area contributed by atoms with E-state index < -0.39 is 0 Å². The molecule has 1 aromatic rings. The molecular weight excluding hydrogens is 199 g/mol. The fourth-order valence-corrected chi connectivity index (χ4v) is 1.25. The Bertz CT molecular complexity index is 207. The van der Waals surface area contributed by atoms with Crippen molar-refractivity contribution in [3.63, 3.8) is 0 Å². The maximum atomic E-state index is 5.61. The molecule has 1 saturated carbocycles. The van der Waals surface area contributed by atoms with Crippen LogP contribution in [-0.2, 0) is 0 Å².